The van der Waals surface area contributed by atoms with Crippen LogP contribution in [0.15, 0.2) is 24.5 Å². The van der Waals surface area contributed by atoms with E-state index < -0.39 is 9.84 Å². The van der Waals surface area contributed by atoms with Crippen LogP contribution in [0.2, 0.25) is 0 Å². The predicted molar refractivity (Wildman–Crippen MR) is 69.9 cm³/mol. The summed E-state index contributed by atoms with van der Waals surface area (Å²) >= 11 is 0. The second kappa shape index (κ2) is 7.10. The number of aryl methyl sites for hydroxylation is 1. The molecule has 6 heteroatoms. The number of aromatic nitrogens is 1. The van der Waals surface area contributed by atoms with Gasteiger partial charge in [0, 0.05) is 31.6 Å². The van der Waals surface area contributed by atoms with E-state index in [0.717, 1.165) is 24.7 Å². The lowest BCUT2D eigenvalue weighted by Crippen LogP contribution is -2.28. The Morgan fingerprint density at radius 2 is 2.22 bits per heavy atom. The van der Waals surface area contributed by atoms with E-state index in [9.17, 15) is 13.2 Å². The Kier molecular flexibility index (Phi) is 5.77. The zero-order valence-electron chi connectivity index (χ0n) is 10.4. The van der Waals surface area contributed by atoms with Gasteiger partial charge < -0.3 is 5.32 Å². The van der Waals surface area contributed by atoms with E-state index in [4.69, 9.17) is 0 Å². The van der Waals surface area contributed by atoms with Crippen molar-refractivity contribution in [3.63, 3.8) is 0 Å². The molecule has 18 heavy (non-hydrogen) atoms. The second-order valence-corrected chi connectivity index (χ2v) is 6.45. The van der Waals surface area contributed by atoms with Crippen LogP contribution < -0.4 is 5.32 Å². The zero-order valence-corrected chi connectivity index (χ0v) is 11.2. The largest absolute Gasteiger partial charge is 0.355 e. The summed E-state index contributed by atoms with van der Waals surface area (Å²) in [6.45, 7) is 0.185. The summed E-state index contributed by atoms with van der Waals surface area (Å²) in [6.07, 6.45) is 6.58. The molecule has 1 heterocycles. The first-order valence-electron chi connectivity index (χ1n) is 5.81. The smallest absolute Gasteiger partial charge is 0.220 e. The molecular formula is C12H18N2O3S. The monoisotopic (exact) mass is 270 g/mol. The summed E-state index contributed by atoms with van der Waals surface area (Å²) in [7, 11) is -3.01. The number of nitrogens with zero attached hydrogens (tertiary/aromatic N) is 1. The van der Waals surface area contributed by atoms with Gasteiger partial charge in [0.15, 0.2) is 0 Å². The number of pyridine rings is 1. The van der Waals surface area contributed by atoms with Crippen LogP contribution in [0, 0.1) is 0 Å². The predicted octanol–water partition coefficient (Wildman–Crippen LogP) is 0.565. The van der Waals surface area contributed by atoms with Crippen LogP contribution in [0.4, 0.5) is 0 Å². The molecule has 0 aliphatic carbocycles. The molecule has 0 bridgehead atoms. The standard InChI is InChI=1S/C12H18N2O3S/c1-18(16,17)9-8-14-12(15)6-2-4-11-5-3-7-13-10-11/h3,5,7,10H,2,4,6,8-9H2,1H3,(H,14,15). The number of hydrogen-bond acceptors (Lipinski definition) is 4. The lowest BCUT2D eigenvalue weighted by Gasteiger charge is -2.04. The van der Waals surface area contributed by atoms with Gasteiger partial charge in [-0.05, 0) is 24.5 Å². The highest BCUT2D eigenvalue weighted by atomic mass is 32.2. The molecule has 1 N–H and O–H groups in total. The third-order valence-electron chi connectivity index (χ3n) is 2.39. The molecule has 0 aliphatic rings. The molecule has 1 aromatic rings. The first-order chi connectivity index (χ1) is 8.47. The molecule has 0 aromatic carbocycles. The van der Waals surface area contributed by atoms with Crippen molar-refractivity contribution in [2.75, 3.05) is 18.6 Å². The molecule has 0 aliphatic heterocycles. The van der Waals surface area contributed by atoms with Crippen LogP contribution in [0.3, 0.4) is 0 Å². The van der Waals surface area contributed by atoms with Gasteiger partial charge in [0.1, 0.15) is 9.84 Å². The third kappa shape index (κ3) is 7.01. The minimum atomic E-state index is -3.01. The summed E-state index contributed by atoms with van der Waals surface area (Å²) < 4.78 is 21.7. The van der Waals surface area contributed by atoms with E-state index in [1.165, 1.54) is 0 Å². The van der Waals surface area contributed by atoms with Gasteiger partial charge >= 0.3 is 0 Å². The molecule has 0 radical (unpaired) electrons. The van der Waals surface area contributed by atoms with Gasteiger partial charge in [-0.15, -0.1) is 0 Å². The quantitative estimate of drug-likeness (QED) is 0.785. The van der Waals surface area contributed by atoms with Crippen molar-refractivity contribution in [2.24, 2.45) is 0 Å². The molecule has 0 atom stereocenters. The minimum Gasteiger partial charge on any atom is -0.355 e. The number of carbonyl (C=O) groups excluding carboxylic acids is 1. The number of carbonyl (C=O) groups is 1. The van der Waals surface area contributed by atoms with Crippen LogP contribution >= 0.6 is 0 Å². The summed E-state index contributed by atoms with van der Waals surface area (Å²) in [4.78, 5) is 15.4. The van der Waals surface area contributed by atoms with Crippen LogP contribution in [-0.4, -0.2) is 37.9 Å². The highest BCUT2D eigenvalue weighted by molar-refractivity contribution is 7.90. The Balaban J connectivity index is 2.14. The average molecular weight is 270 g/mol. The van der Waals surface area contributed by atoms with E-state index in [0.29, 0.717) is 6.42 Å². The molecule has 0 saturated heterocycles. The van der Waals surface area contributed by atoms with E-state index in [1.807, 2.05) is 12.1 Å². The fourth-order valence-corrected chi connectivity index (χ4v) is 1.94. The molecule has 1 amide bonds. The molecular weight excluding hydrogens is 252 g/mol. The molecule has 1 aromatic heterocycles. The summed E-state index contributed by atoms with van der Waals surface area (Å²) in [5.74, 6) is -0.121. The Morgan fingerprint density at radius 3 is 2.83 bits per heavy atom. The summed E-state index contributed by atoms with van der Waals surface area (Å²) in [6, 6.07) is 3.83. The lowest BCUT2D eigenvalue weighted by atomic mass is 10.1. The normalized spacial score (nSPS) is 11.2. The number of sulfone groups is 1. The molecule has 5 nitrogen and oxygen atoms in total. The Bertz CT molecular complexity index is 471. The van der Waals surface area contributed by atoms with E-state index in [-0.39, 0.29) is 18.2 Å². The first-order valence-corrected chi connectivity index (χ1v) is 7.87. The average Bonchev–Trinajstić information content (AvgIpc) is 2.28. The molecule has 1 rings (SSSR count). The van der Waals surface area contributed by atoms with Crippen LogP contribution in [0.5, 0.6) is 0 Å². The van der Waals surface area contributed by atoms with E-state index in [1.54, 1.807) is 12.4 Å². The minimum absolute atomic E-state index is 0.0126. The molecule has 0 unspecified atom stereocenters. The Hall–Kier alpha value is -1.43. The molecule has 100 valence electrons. The van der Waals surface area contributed by atoms with Crippen molar-refractivity contribution in [3.05, 3.63) is 30.1 Å². The Labute approximate surface area is 108 Å². The van der Waals surface area contributed by atoms with Crippen molar-refractivity contribution >= 4 is 15.7 Å². The van der Waals surface area contributed by atoms with Gasteiger partial charge in [0.25, 0.3) is 0 Å². The summed E-state index contributed by atoms with van der Waals surface area (Å²) in [5, 5.41) is 2.59. The van der Waals surface area contributed by atoms with Crippen LogP contribution in [0.25, 0.3) is 0 Å². The topological polar surface area (TPSA) is 76.1 Å². The lowest BCUT2D eigenvalue weighted by molar-refractivity contribution is -0.121. The second-order valence-electron chi connectivity index (χ2n) is 4.19. The van der Waals surface area contributed by atoms with Crippen molar-refractivity contribution in [2.45, 2.75) is 19.3 Å². The number of rotatable bonds is 7. The maximum absolute atomic E-state index is 11.4. The maximum Gasteiger partial charge on any atom is 0.220 e. The number of nitrogens with one attached hydrogen (secondary N) is 1. The van der Waals surface area contributed by atoms with Crippen LogP contribution in [-0.2, 0) is 21.1 Å². The fourth-order valence-electron chi connectivity index (χ4n) is 1.46. The SMILES string of the molecule is CS(=O)(=O)CCNC(=O)CCCc1cccnc1. The van der Waals surface area contributed by atoms with E-state index >= 15 is 0 Å². The van der Waals surface area contributed by atoms with Gasteiger partial charge in [-0.2, -0.15) is 0 Å². The maximum atomic E-state index is 11.4. The fraction of sp³-hybridized carbons (Fsp3) is 0.500. The Morgan fingerprint density at radius 1 is 1.44 bits per heavy atom. The van der Waals surface area contributed by atoms with Gasteiger partial charge in [0.05, 0.1) is 5.75 Å². The van der Waals surface area contributed by atoms with Gasteiger partial charge in [0.2, 0.25) is 5.91 Å². The van der Waals surface area contributed by atoms with E-state index in [2.05, 4.69) is 10.3 Å². The third-order valence-corrected chi connectivity index (χ3v) is 3.33. The molecule has 0 fully saturated rings. The van der Waals surface area contributed by atoms with Crippen molar-refractivity contribution in [3.8, 4) is 0 Å². The van der Waals surface area contributed by atoms with Crippen molar-refractivity contribution in [1.82, 2.24) is 10.3 Å². The van der Waals surface area contributed by atoms with Gasteiger partial charge in [-0.25, -0.2) is 8.42 Å². The van der Waals surface area contributed by atoms with Crippen molar-refractivity contribution in [1.29, 1.82) is 0 Å². The number of hydrogen-bond donors (Lipinski definition) is 1. The van der Waals surface area contributed by atoms with Gasteiger partial charge in [-0.3, -0.25) is 9.78 Å². The van der Waals surface area contributed by atoms with Crippen molar-refractivity contribution < 1.29 is 13.2 Å². The molecule has 0 spiro atoms. The number of amides is 1. The highest BCUT2D eigenvalue weighted by Gasteiger charge is 2.04. The highest BCUT2D eigenvalue weighted by Crippen LogP contribution is 2.02. The van der Waals surface area contributed by atoms with Gasteiger partial charge in [-0.1, -0.05) is 6.07 Å². The first kappa shape index (κ1) is 14.6. The zero-order chi connectivity index (χ0) is 13.4. The summed E-state index contributed by atoms with van der Waals surface area (Å²) in [5.41, 5.74) is 1.10. The van der Waals surface area contributed by atoms with Crippen LogP contribution in [0.1, 0.15) is 18.4 Å². The molecule has 0 saturated carbocycles.